The van der Waals surface area contributed by atoms with E-state index in [4.69, 9.17) is 9.47 Å². The van der Waals surface area contributed by atoms with Gasteiger partial charge in [-0.2, -0.15) is 13.7 Å². The predicted molar refractivity (Wildman–Crippen MR) is 139 cm³/mol. The second-order valence-corrected chi connectivity index (χ2v) is 12.1. The number of imidazole rings is 1. The van der Waals surface area contributed by atoms with Gasteiger partial charge in [-0.3, -0.25) is 9.45 Å². The summed E-state index contributed by atoms with van der Waals surface area (Å²) in [6, 6.07) is 14.9. The second kappa shape index (κ2) is 9.93. The molecule has 11 heteroatoms. The second-order valence-electron chi connectivity index (χ2n) is 10.5. The number of amides is 1. The fourth-order valence-electron chi connectivity index (χ4n) is 6.02. The lowest BCUT2D eigenvalue weighted by atomic mass is 9.65. The zero-order chi connectivity index (χ0) is 27.0. The predicted octanol–water partition coefficient (Wildman–Crippen LogP) is 4.15. The first-order valence-electron chi connectivity index (χ1n) is 12.5. The monoisotopic (exact) mass is 538 g/mol. The van der Waals surface area contributed by atoms with Crippen molar-refractivity contribution in [3.8, 4) is 11.8 Å². The molecule has 1 N–H and O–H groups in total. The maximum Gasteiger partial charge on any atom is 0.410 e. The van der Waals surface area contributed by atoms with Gasteiger partial charge in [0.1, 0.15) is 11.4 Å². The molecule has 2 aromatic carbocycles. The normalized spacial score (nSPS) is 23.5. The number of hydrogen-bond acceptors (Lipinski definition) is 7. The van der Waals surface area contributed by atoms with Gasteiger partial charge in [-0.05, 0) is 73.4 Å². The molecule has 0 bridgehead atoms. The maximum atomic E-state index is 13.0. The molecule has 200 valence electrons. The van der Waals surface area contributed by atoms with Gasteiger partial charge in [-0.15, -0.1) is 0 Å². The summed E-state index contributed by atoms with van der Waals surface area (Å²) >= 11 is 0. The van der Waals surface area contributed by atoms with E-state index in [1.165, 1.54) is 0 Å². The molecule has 1 saturated carbocycles. The number of carbonyl (C=O) groups is 1. The number of aromatic nitrogens is 2. The van der Waals surface area contributed by atoms with Crippen LogP contribution >= 0.6 is 0 Å². The number of nitriles is 1. The van der Waals surface area contributed by atoms with Crippen molar-refractivity contribution in [3.05, 3.63) is 59.9 Å². The first kappa shape index (κ1) is 26.0. The Labute approximate surface area is 221 Å². The molecule has 2 heterocycles. The lowest BCUT2D eigenvalue weighted by Crippen LogP contribution is -2.46. The fraction of sp³-hybridized carbons (Fsp3) is 0.444. The molecule has 1 aliphatic heterocycles. The van der Waals surface area contributed by atoms with Gasteiger partial charge in [0.05, 0.1) is 48.4 Å². The van der Waals surface area contributed by atoms with Crippen LogP contribution in [0.3, 0.4) is 0 Å². The highest BCUT2D eigenvalue weighted by molar-refractivity contribution is 7.85. The fourth-order valence-corrected chi connectivity index (χ4v) is 6.71. The van der Waals surface area contributed by atoms with Crippen LogP contribution in [0.25, 0.3) is 11.0 Å². The molecule has 1 aromatic heterocycles. The third-order valence-electron chi connectivity index (χ3n) is 7.76. The van der Waals surface area contributed by atoms with Crippen molar-refractivity contribution in [1.29, 1.82) is 5.26 Å². The van der Waals surface area contributed by atoms with E-state index in [9.17, 15) is 23.0 Å². The van der Waals surface area contributed by atoms with Crippen LogP contribution in [0.1, 0.15) is 43.2 Å². The van der Waals surface area contributed by atoms with E-state index in [1.54, 1.807) is 36.5 Å². The Bertz CT molecular complexity index is 1500. The lowest BCUT2D eigenvalue weighted by molar-refractivity contribution is -0.0353. The van der Waals surface area contributed by atoms with E-state index < -0.39 is 27.2 Å². The number of carbonyl (C=O) groups excluding carboxylic acids is 1. The zero-order valence-corrected chi connectivity index (χ0v) is 22.0. The number of methoxy groups -OCH3 is 1. The van der Waals surface area contributed by atoms with Gasteiger partial charge < -0.3 is 14.0 Å². The third-order valence-corrected chi connectivity index (χ3v) is 8.48. The van der Waals surface area contributed by atoms with Crippen LogP contribution in [-0.4, -0.2) is 58.5 Å². The Morgan fingerprint density at radius 1 is 1.21 bits per heavy atom. The Morgan fingerprint density at radius 3 is 2.71 bits per heavy atom. The van der Waals surface area contributed by atoms with Crippen molar-refractivity contribution >= 4 is 27.2 Å². The summed E-state index contributed by atoms with van der Waals surface area (Å²) in [7, 11) is -2.59. The molecule has 0 radical (unpaired) electrons. The Balaban J connectivity index is 1.41. The molecule has 5 rings (SSSR count). The van der Waals surface area contributed by atoms with Gasteiger partial charge in [0.25, 0.3) is 10.1 Å². The molecule has 1 aliphatic carbocycles. The van der Waals surface area contributed by atoms with Crippen LogP contribution in [0.5, 0.6) is 5.75 Å². The Kier molecular flexibility index (Phi) is 6.79. The summed E-state index contributed by atoms with van der Waals surface area (Å²) in [4.78, 5) is 19.1. The molecular formula is C27H30N4O6S. The SMILES string of the molecule is COc1ccc(CN2CC3(CCCC(CCS(=O)(=O)O)(Cn4cnc5ccc(C#N)cc54)C3)OC2=O)cc1. The molecule has 2 aliphatic rings. The van der Waals surface area contributed by atoms with Gasteiger partial charge in [-0.25, -0.2) is 9.78 Å². The smallest absolute Gasteiger partial charge is 0.410 e. The van der Waals surface area contributed by atoms with Gasteiger partial charge in [0, 0.05) is 13.1 Å². The van der Waals surface area contributed by atoms with Crippen molar-refractivity contribution in [2.75, 3.05) is 19.4 Å². The molecule has 38 heavy (non-hydrogen) atoms. The maximum absolute atomic E-state index is 13.0. The third kappa shape index (κ3) is 5.47. The van der Waals surface area contributed by atoms with E-state index in [0.29, 0.717) is 44.5 Å². The average molecular weight is 539 g/mol. The summed E-state index contributed by atoms with van der Waals surface area (Å²) in [6.45, 7) is 1.21. The van der Waals surface area contributed by atoms with E-state index in [2.05, 4.69) is 11.1 Å². The van der Waals surface area contributed by atoms with Gasteiger partial charge >= 0.3 is 6.09 Å². The lowest BCUT2D eigenvalue weighted by Gasteiger charge is -2.45. The quantitative estimate of drug-likeness (QED) is 0.423. The molecule has 1 saturated heterocycles. The molecule has 10 nitrogen and oxygen atoms in total. The standard InChI is InChI=1S/C27H30N4O6S/c1-36-22-6-3-20(4-7-22)15-30-18-27(37-25(30)32)10-2-9-26(16-27,11-12-38(33,34)35)17-31-19-29-23-8-5-21(14-28)13-24(23)31/h3-8,13,19H,2,9-12,15-18H2,1H3,(H,33,34,35). The van der Waals surface area contributed by atoms with Gasteiger partial charge in [0.2, 0.25) is 0 Å². The number of hydrogen-bond donors (Lipinski definition) is 1. The number of benzene rings is 2. The number of nitrogens with zero attached hydrogens (tertiary/aromatic N) is 4. The van der Waals surface area contributed by atoms with Crippen molar-refractivity contribution in [1.82, 2.24) is 14.5 Å². The molecular weight excluding hydrogens is 508 g/mol. The van der Waals surface area contributed by atoms with E-state index in [0.717, 1.165) is 28.8 Å². The summed E-state index contributed by atoms with van der Waals surface area (Å²) < 4.78 is 46.3. The van der Waals surface area contributed by atoms with Crippen molar-refractivity contribution in [2.24, 2.45) is 5.41 Å². The molecule has 2 atom stereocenters. The topological polar surface area (TPSA) is 135 Å². The number of rotatable bonds is 8. The highest BCUT2D eigenvalue weighted by Gasteiger charge is 2.52. The van der Waals surface area contributed by atoms with E-state index in [1.807, 2.05) is 28.8 Å². The van der Waals surface area contributed by atoms with Gasteiger partial charge in [0.15, 0.2) is 0 Å². The van der Waals surface area contributed by atoms with Crippen LogP contribution in [-0.2, 0) is 27.9 Å². The number of ether oxygens (including phenoxy) is 2. The summed E-state index contributed by atoms with van der Waals surface area (Å²) in [5, 5.41) is 9.36. The summed E-state index contributed by atoms with van der Waals surface area (Å²) in [5.74, 6) is 0.349. The summed E-state index contributed by atoms with van der Waals surface area (Å²) in [5.41, 5.74) is 1.64. The minimum Gasteiger partial charge on any atom is -0.497 e. The highest BCUT2D eigenvalue weighted by Crippen LogP contribution is 2.49. The zero-order valence-electron chi connectivity index (χ0n) is 21.2. The average Bonchev–Trinajstić information content (AvgIpc) is 3.42. The summed E-state index contributed by atoms with van der Waals surface area (Å²) in [6.07, 6.45) is 4.09. The van der Waals surface area contributed by atoms with Crippen LogP contribution in [0, 0.1) is 16.7 Å². The van der Waals surface area contributed by atoms with Crippen LogP contribution < -0.4 is 4.74 Å². The van der Waals surface area contributed by atoms with Crippen molar-refractivity contribution < 1.29 is 27.2 Å². The van der Waals surface area contributed by atoms with Crippen molar-refractivity contribution in [2.45, 2.75) is 50.8 Å². The van der Waals surface area contributed by atoms with E-state index in [-0.39, 0.29) is 12.2 Å². The van der Waals surface area contributed by atoms with Crippen LogP contribution in [0.15, 0.2) is 48.8 Å². The molecule has 1 amide bonds. The van der Waals surface area contributed by atoms with E-state index >= 15 is 0 Å². The van der Waals surface area contributed by atoms with Crippen LogP contribution in [0.4, 0.5) is 4.79 Å². The highest BCUT2D eigenvalue weighted by atomic mass is 32.2. The molecule has 2 unspecified atom stereocenters. The minimum absolute atomic E-state index is 0.210. The number of fused-ring (bicyclic) bond motifs is 1. The minimum atomic E-state index is -4.19. The Hall–Kier alpha value is -3.62. The Morgan fingerprint density at radius 2 is 2.00 bits per heavy atom. The van der Waals surface area contributed by atoms with Crippen molar-refractivity contribution in [3.63, 3.8) is 0 Å². The largest absolute Gasteiger partial charge is 0.497 e. The molecule has 3 aromatic rings. The molecule has 1 spiro atoms. The molecule has 2 fully saturated rings. The van der Waals surface area contributed by atoms with Crippen LogP contribution in [0.2, 0.25) is 0 Å². The van der Waals surface area contributed by atoms with Gasteiger partial charge in [-0.1, -0.05) is 12.1 Å². The first-order valence-corrected chi connectivity index (χ1v) is 14.1. The first-order chi connectivity index (χ1) is 18.1.